The van der Waals surface area contributed by atoms with E-state index in [0.29, 0.717) is 17.6 Å². The van der Waals surface area contributed by atoms with E-state index in [-0.39, 0.29) is 22.9 Å². The van der Waals surface area contributed by atoms with Gasteiger partial charge in [-0.05, 0) is 135 Å². The van der Waals surface area contributed by atoms with Crippen molar-refractivity contribution in [3.63, 3.8) is 0 Å². The third-order valence-corrected chi connectivity index (χ3v) is 14.6. The Morgan fingerprint density at radius 2 is 1.69 bits per heavy atom. The largest absolute Gasteiger partial charge is 0.494 e. The van der Waals surface area contributed by atoms with Gasteiger partial charge in [-0.15, -0.1) is 0 Å². The smallest absolute Gasteiger partial charge is 0.338 e. The lowest BCUT2D eigenvalue weighted by atomic mass is 9.47. The number of esters is 1. The van der Waals surface area contributed by atoms with Gasteiger partial charge >= 0.3 is 5.97 Å². The lowest BCUT2D eigenvalue weighted by Gasteiger charge is -2.58. The minimum absolute atomic E-state index is 0.0260. The van der Waals surface area contributed by atoms with E-state index in [1.165, 1.54) is 51.4 Å². The van der Waals surface area contributed by atoms with E-state index in [1.807, 2.05) is 24.3 Å². The quantitative estimate of drug-likeness (QED) is 0.0991. The highest BCUT2D eigenvalue weighted by molar-refractivity contribution is 5.89. The van der Waals surface area contributed by atoms with Crippen molar-refractivity contribution in [1.82, 2.24) is 0 Å². The summed E-state index contributed by atoms with van der Waals surface area (Å²) in [4.78, 5) is 13.2. The fourth-order valence-electron chi connectivity index (χ4n) is 11.2. The third-order valence-electron chi connectivity index (χ3n) is 14.6. The predicted molar refractivity (Wildman–Crippen MR) is 198 cm³/mol. The highest BCUT2D eigenvalue weighted by Gasteiger charge is 2.59. The lowest BCUT2D eigenvalue weighted by molar-refractivity contribution is -0.150. The standard InChI is InChI=1S/C44H68O5/c1-7-44(29-47-30-44)28-46-25-8-9-26-48-35-16-13-33(14-17-35)41(45)49-36-21-23-42(5)34(27-36)15-18-37-39-20-19-38(32(4)12-10-11-31(2)3)43(39,6)24-22-40(37)42/h13-17,31-32,36-40H,7-12,18-30H2,1-6H3. The minimum Gasteiger partial charge on any atom is -0.494 e. The molecule has 49 heavy (non-hydrogen) atoms. The second kappa shape index (κ2) is 15.8. The normalized spacial score (nSPS) is 33.9. The van der Waals surface area contributed by atoms with Gasteiger partial charge in [0.25, 0.3) is 0 Å². The molecule has 0 radical (unpaired) electrons. The van der Waals surface area contributed by atoms with Crippen molar-refractivity contribution >= 4 is 5.97 Å². The molecule has 0 aromatic heterocycles. The first-order valence-electron chi connectivity index (χ1n) is 20.4. The Bertz CT molecular complexity index is 1260. The Balaban J connectivity index is 0.950. The summed E-state index contributed by atoms with van der Waals surface area (Å²) in [7, 11) is 0. The van der Waals surface area contributed by atoms with Crippen molar-refractivity contribution in [2.24, 2.45) is 51.8 Å². The number of carbonyl (C=O) groups excluding carboxylic acids is 1. The Labute approximate surface area is 298 Å². The van der Waals surface area contributed by atoms with Crippen molar-refractivity contribution in [3.8, 4) is 5.75 Å². The van der Waals surface area contributed by atoms with Crippen LogP contribution in [0.4, 0.5) is 0 Å². The van der Waals surface area contributed by atoms with Crippen molar-refractivity contribution < 1.29 is 23.7 Å². The molecule has 0 N–H and O–H groups in total. The fourth-order valence-corrected chi connectivity index (χ4v) is 11.2. The molecule has 4 aliphatic carbocycles. The molecule has 4 fully saturated rings. The van der Waals surface area contributed by atoms with Crippen molar-refractivity contribution in [2.75, 3.05) is 33.0 Å². The van der Waals surface area contributed by atoms with Crippen molar-refractivity contribution in [3.05, 3.63) is 41.5 Å². The van der Waals surface area contributed by atoms with Gasteiger partial charge in [0, 0.05) is 18.4 Å². The molecule has 0 spiro atoms. The number of benzene rings is 1. The van der Waals surface area contributed by atoms with E-state index in [2.05, 4.69) is 47.6 Å². The summed E-state index contributed by atoms with van der Waals surface area (Å²) in [5, 5.41) is 0. The summed E-state index contributed by atoms with van der Waals surface area (Å²) >= 11 is 0. The number of allylic oxidation sites excluding steroid dienone is 1. The number of hydrogen-bond acceptors (Lipinski definition) is 5. The Kier molecular flexibility index (Phi) is 11.9. The average Bonchev–Trinajstić information content (AvgIpc) is 3.43. The zero-order chi connectivity index (χ0) is 34.6. The molecule has 5 heteroatoms. The lowest BCUT2D eigenvalue weighted by Crippen LogP contribution is -2.51. The zero-order valence-corrected chi connectivity index (χ0v) is 31.9. The van der Waals surface area contributed by atoms with Gasteiger partial charge in [-0.25, -0.2) is 4.79 Å². The number of fused-ring (bicyclic) bond motifs is 5. The highest BCUT2D eigenvalue weighted by atomic mass is 16.5. The molecule has 1 heterocycles. The molecule has 6 rings (SSSR count). The Morgan fingerprint density at radius 1 is 0.918 bits per heavy atom. The second-order valence-corrected chi connectivity index (χ2v) is 18.0. The summed E-state index contributed by atoms with van der Waals surface area (Å²) in [6.07, 6.45) is 19.7. The van der Waals surface area contributed by atoms with Crippen LogP contribution < -0.4 is 4.74 Å². The molecule has 3 saturated carbocycles. The average molecular weight is 677 g/mol. The predicted octanol–water partition coefficient (Wildman–Crippen LogP) is 10.9. The first-order valence-corrected chi connectivity index (χ1v) is 20.4. The van der Waals surface area contributed by atoms with Crippen LogP contribution in [0.3, 0.4) is 0 Å². The minimum atomic E-state index is -0.207. The molecule has 1 aromatic carbocycles. The molecule has 1 aromatic rings. The maximum absolute atomic E-state index is 13.2. The van der Waals surface area contributed by atoms with Gasteiger partial charge in [0.1, 0.15) is 11.9 Å². The molecule has 0 bridgehead atoms. The number of unbranched alkanes of at least 4 members (excludes halogenated alkanes) is 1. The van der Waals surface area contributed by atoms with Crippen molar-refractivity contribution in [1.29, 1.82) is 0 Å². The van der Waals surface area contributed by atoms with E-state index in [9.17, 15) is 4.79 Å². The summed E-state index contributed by atoms with van der Waals surface area (Å²) in [5.74, 6) is 5.65. The first-order chi connectivity index (χ1) is 23.6. The van der Waals surface area contributed by atoms with Gasteiger partial charge in [0.05, 0.1) is 32.0 Å². The van der Waals surface area contributed by atoms with E-state index in [0.717, 1.165) is 106 Å². The zero-order valence-electron chi connectivity index (χ0n) is 31.9. The monoisotopic (exact) mass is 677 g/mol. The van der Waals surface area contributed by atoms with Crippen molar-refractivity contribution in [2.45, 2.75) is 138 Å². The second-order valence-electron chi connectivity index (χ2n) is 18.0. The van der Waals surface area contributed by atoms with E-state index < -0.39 is 0 Å². The number of hydrogen-bond donors (Lipinski definition) is 0. The molecule has 8 unspecified atom stereocenters. The number of rotatable bonds is 16. The Morgan fingerprint density at radius 3 is 2.41 bits per heavy atom. The fraction of sp³-hybridized carbons (Fsp3) is 0.795. The van der Waals surface area contributed by atoms with Gasteiger partial charge in [0.2, 0.25) is 0 Å². The first kappa shape index (κ1) is 36.9. The molecule has 1 saturated heterocycles. The van der Waals surface area contributed by atoms with Gasteiger partial charge in [-0.1, -0.05) is 72.5 Å². The number of ether oxygens (including phenoxy) is 4. The van der Waals surface area contributed by atoms with Crippen LogP contribution in [0.2, 0.25) is 0 Å². The topological polar surface area (TPSA) is 54.0 Å². The molecular weight excluding hydrogens is 608 g/mol. The summed E-state index contributed by atoms with van der Waals surface area (Å²) in [5.41, 5.74) is 3.22. The summed E-state index contributed by atoms with van der Waals surface area (Å²) in [6.45, 7) is 18.6. The van der Waals surface area contributed by atoms with Crippen LogP contribution in [0.1, 0.15) is 142 Å². The Hall–Kier alpha value is -1.85. The molecule has 5 nitrogen and oxygen atoms in total. The highest BCUT2D eigenvalue weighted by Crippen LogP contribution is 2.67. The molecule has 274 valence electrons. The van der Waals surface area contributed by atoms with E-state index >= 15 is 0 Å². The third kappa shape index (κ3) is 7.98. The van der Waals surface area contributed by atoms with Gasteiger partial charge in [-0.2, -0.15) is 0 Å². The maximum Gasteiger partial charge on any atom is 0.338 e. The van der Waals surface area contributed by atoms with Crippen LogP contribution in [0.15, 0.2) is 35.9 Å². The number of carbonyl (C=O) groups is 1. The molecule has 8 atom stereocenters. The van der Waals surface area contributed by atoms with Crippen LogP contribution in [0, 0.1) is 51.8 Å². The maximum atomic E-state index is 13.2. The van der Waals surface area contributed by atoms with E-state index in [4.69, 9.17) is 18.9 Å². The van der Waals surface area contributed by atoms with Crippen LogP contribution in [-0.2, 0) is 14.2 Å². The molecular formula is C44H68O5. The van der Waals surface area contributed by atoms with Crippen LogP contribution in [0.25, 0.3) is 0 Å². The SMILES string of the molecule is CCC1(COCCCCOc2ccc(C(=O)OC3CCC4(C)C(=CCC5C4CCC4(C)C(C(C)CCCC(C)C)CCC54)C3)cc2)COC1. The summed E-state index contributed by atoms with van der Waals surface area (Å²) < 4.78 is 23.4. The van der Waals surface area contributed by atoms with Crippen LogP contribution >= 0.6 is 0 Å². The molecule has 1 aliphatic heterocycles. The van der Waals surface area contributed by atoms with Gasteiger partial charge in [-0.3, -0.25) is 0 Å². The van der Waals surface area contributed by atoms with Crippen LogP contribution in [0.5, 0.6) is 5.75 Å². The molecule has 5 aliphatic rings. The van der Waals surface area contributed by atoms with Crippen LogP contribution in [-0.4, -0.2) is 45.1 Å². The van der Waals surface area contributed by atoms with Gasteiger partial charge < -0.3 is 18.9 Å². The van der Waals surface area contributed by atoms with E-state index in [1.54, 1.807) is 5.57 Å². The van der Waals surface area contributed by atoms with Gasteiger partial charge in [0.15, 0.2) is 0 Å². The molecule has 0 amide bonds. The summed E-state index contributed by atoms with van der Waals surface area (Å²) in [6, 6.07) is 7.49.